The van der Waals surface area contributed by atoms with Gasteiger partial charge in [0, 0.05) is 31.6 Å². The highest BCUT2D eigenvalue weighted by Gasteiger charge is 2.54. The molecule has 30 heavy (non-hydrogen) atoms. The summed E-state index contributed by atoms with van der Waals surface area (Å²) in [5.74, 6) is -5.10. The normalized spacial score (nSPS) is 20.7. The molecule has 0 unspecified atom stereocenters. The number of Topliss-reactive ketones (excluding diaryl/α,β-unsaturated/α-hetero) is 1. The molecular formula is C17H19N3O9S. The molecule has 162 valence electrons. The lowest BCUT2D eigenvalue weighted by Crippen LogP contribution is -2.71. The molecule has 2 heterocycles. The highest BCUT2D eigenvalue weighted by atomic mass is 32.2. The number of carbonyl (C=O) groups excluding carboxylic acids is 5. The maximum absolute atomic E-state index is 12.5. The SMILES string of the molecule is CCC(=O)C(=NOC(C)=O)C(=O)N[C@@H]1C(=O)N2C(C(=O)O)=C(COC(C)=O)CS[C@H]12. The molecule has 0 aromatic heterocycles. The van der Waals surface area contributed by atoms with E-state index in [-0.39, 0.29) is 30.1 Å². The summed E-state index contributed by atoms with van der Waals surface area (Å²) in [6, 6.07) is -1.11. The van der Waals surface area contributed by atoms with E-state index < -0.39 is 52.6 Å². The van der Waals surface area contributed by atoms with Crippen LogP contribution in [0, 0.1) is 0 Å². The molecular weight excluding hydrogens is 422 g/mol. The van der Waals surface area contributed by atoms with E-state index in [1.54, 1.807) is 0 Å². The van der Waals surface area contributed by atoms with Gasteiger partial charge in [0.2, 0.25) is 5.71 Å². The van der Waals surface area contributed by atoms with Crippen LogP contribution in [-0.2, 0) is 38.3 Å². The van der Waals surface area contributed by atoms with Crippen LogP contribution in [0.15, 0.2) is 16.4 Å². The molecule has 2 N–H and O–H groups in total. The minimum Gasteiger partial charge on any atom is -0.477 e. The van der Waals surface area contributed by atoms with Crippen molar-refractivity contribution in [3.63, 3.8) is 0 Å². The molecule has 0 radical (unpaired) electrons. The van der Waals surface area contributed by atoms with Crippen LogP contribution < -0.4 is 5.32 Å². The van der Waals surface area contributed by atoms with Crippen LogP contribution in [0.1, 0.15) is 27.2 Å². The van der Waals surface area contributed by atoms with Gasteiger partial charge in [0.1, 0.15) is 23.7 Å². The Morgan fingerprint density at radius 1 is 1.23 bits per heavy atom. The lowest BCUT2D eigenvalue weighted by Gasteiger charge is -2.49. The Hall–Kier alpha value is -3.22. The number of nitrogens with zero attached hydrogens (tertiary/aromatic N) is 2. The van der Waals surface area contributed by atoms with E-state index in [0.29, 0.717) is 0 Å². The number of oxime groups is 1. The summed E-state index contributed by atoms with van der Waals surface area (Å²) in [7, 11) is 0. The second-order valence-electron chi connectivity index (χ2n) is 6.20. The highest BCUT2D eigenvalue weighted by Crippen LogP contribution is 2.40. The van der Waals surface area contributed by atoms with Gasteiger partial charge < -0.3 is 20.0 Å². The number of ether oxygens (including phenoxy) is 1. The minimum atomic E-state index is -1.38. The summed E-state index contributed by atoms with van der Waals surface area (Å²) >= 11 is 1.16. The van der Waals surface area contributed by atoms with Gasteiger partial charge in [-0.25, -0.2) is 9.59 Å². The van der Waals surface area contributed by atoms with E-state index in [0.717, 1.165) is 23.6 Å². The van der Waals surface area contributed by atoms with Gasteiger partial charge in [0.25, 0.3) is 11.8 Å². The zero-order valence-electron chi connectivity index (χ0n) is 16.3. The number of β-lactam (4-membered cyclic amide) rings is 1. The van der Waals surface area contributed by atoms with Gasteiger partial charge >= 0.3 is 17.9 Å². The topological polar surface area (TPSA) is 169 Å². The fraction of sp³-hybridized carbons (Fsp3) is 0.471. The fourth-order valence-electron chi connectivity index (χ4n) is 2.69. The first-order chi connectivity index (χ1) is 14.1. The number of thioether (sulfide) groups is 1. The zero-order valence-corrected chi connectivity index (χ0v) is 17.1. The Balaban J connectivity index is 2.19. The molecule has 2 atom stereocenters. The molecule has 0 aromatic carbocycles. The zero-order chi connectivity index (χ0) is 22.6. The van der Waals surface area contributed by atoms with Crippen molar-refractivity contribution in [2.45, 2.75) is 38.6 Å². The average Bonchev–Trinajstić information content (AvgIpc) is 2.68. The Bertz CT molecular complexity index is 880. The van der Waals surface area contributed by atoms with E-state index >= 15 is 0 Å². The van der Waals surface area contributed by atoms with Crippen molar-refractivity contribution >= 4 is 53.0 Å². The van der Waals surface area contributed by atoms with E-state index in [4.69, 9.17) is 4.74 Å². The van der Waals surface area contributed by atoms with E-state index in [1.807, 2.05) is 0 Å². The van der Waals surface area contributed by atoms with Crippen molar-refractivity contribution in [2.24, 2.45) is 5.16 Å². The molecule has 12 nitrogen and oxygen atoms in total. The van der Waals surface area contributed by atoms with Gasteiger partial charge in [-0.15, -0.1) is 11.8 Å². The lowest BCUT2D eigenvalue weighted by molar-refractivity contribution is -0.150. The number of carboxylic acid groups (broad SMARTS) is 1. The van der Waals surface area contributed by atoms with Crippen molar-refractivity contribution in [3.05, 3.63) is 11.3 Å². The molecule has 2 aliphatic heterocycles. The molecule has 0 aliphatic carbocycles. The predicted molar refractivity (Wildman–Crippen MR) is 101 cm³/mol. The van der Waals surface area contributed by atoms with Crippen molar-refractivity contribution in [3.8, 4) is 0 Å². The maximum Gasteiger partial charge on any atom is 0.352 e. The first-order valence-corrected chi connectivity index (χ1v) is 9.76. The van der Waals surface area contributed by atoms with Crippen LogP contribution in [0.2, 0.25) is 0 Å². The number of hydrogen-bond acceptors (Lipinski definition) is 10. The van der Waals surface area contributed by atoms with E-state index in [9.17, 15) is 33.9 Å². The number of hydrogen-bond donors (Lipinski definition) is 2. The Kier molecular flexibility index (Phi) is 7.32. The summed E-state index contributed by atoms with van der Waals surface area (Å²) < 4.78 is 4.84. The predicted octanol–water partition coefficient (Wildman–Crippen LogP) is -0.814. The molecule has 1 fully saturated rings. The van der Waals surface area contributed by atoms with Gasteiger partial charge in [-0.1, -0.05) is 12.1 Å². The summed E-state index contributed by atoms with van der Waals surface area (Å²) in [5, 5.41) is 14.3. The summed E-state index contributed by atoms with van der Waals surface area (Å²) in [6.07, 6.45) is -0.0954. The second-order valence-corrected chi connectivity index (χ2v) is 7.30. The summed E-state index contributed by atoms with van der Waals surface area (Å²) in [4.78, 5) is 75.8. The largest absolute Gasteiger partial charge is 0.477 e. The monoisotopic (exact) mass is 441 g/mol. The van der Waals surface area contributed by atoms with Crippen molar-refractivity contribution < 1.29 is 43.4 Å². The van der Waals surface area contributed by atoms with E-state index in [2.05, 4.69) is 15.3 Å². The number of carboxylic acids is 1. The lowest BCUT2D eigenvalue weighted by atomic mass is 10.0. The van der Waals surface area contributed by atoms with Gasteiger partial charge in [-0.3, -0.25) is 24.1 Å². The van der Waals surface area contributed by atoms with Gasteiger partial charge in [-0.05, 0) is 0 Å². The molecule has 0 bridgehead atoms. The third-order valence-electron chi connectivity index (χ3n) is 4.05. The Morgan fingerprint density at radius 2 is 1.90 bits per heavy atom. The molecule has 2 amide bonds. The molecule has 2 aliphatic rings. The maximum atomic E-state index is 12.5. The van der Waals surface area contributed by atoms with Crippen LogP contribution in [0.5, 0.6) is 0 Å². The van der Waals surface area contributed by atoms with Crippen LogP contribution >= 0.6 is 11.8 Å². The van der Waals surface area contributed by atoms with E-state index in [1.165, 1.54) is 13.8 Å². The molecule has 1 saturated heterocycles. The number of fused-ring (bicyclic) bond motifs is 1. The van der Waals surface area contributed by atoms with Crippen molar-refractivity contribution in [2.75, 3.05) is 12.4 Å². The van der Waals surface area contributed by atoms with Gasteiger partial charge in [0.15, 0.2) is 5.78 Å². The first kappa shape index (κ1) is 23.1. The van der Waals surface area contributed by atoms with Gasteiger partial charge in [-0.2, -0.15) is 0 Å². The second kappa shape index (κ2) is 9.52. The number of amides is 2. The van der Waals surface area contributed by atoms with Crippen LogP contribution in [-0.4, -0.2) is 75.0 Å². The highest BCUT2D eigenvalue weighted by molar-refractivity contribution is 8.00. The average molecular weight is 441 g/mol. The van der Waals surface area contributed by atoms with Gasteiger partial charge in [0.05, 0.1) is 0 Å². The third kappa shape index (κ3) is 4.84. The number of rotatable bonds is 8. The smallest absolute Gasteiger partial charge is 0.352 e. The molecule has 2 rings (SSSR count). The van der Waals surface area contributed by atoms with Crippen LogP contribution in [0.3, 0.4) is 0 Å². The standard InChI is InChI=1S/C17H19N3O9S/c1-4-10(23)11(19-29-8(3)22)14(24)18-12-15(25)20-13(17(26)27)9(5-28-7(2)21)6-30-16(12)20/h12,16H,4-6H2,1-3H3,(H,18,24)(H,26,27)/t12-,16-/m1/s1. The first-order valence-electron chi connectivity index (χ1n) is 8.71. The third-order valence-corrected chi connectivity index (χ3v) is 5.39. The van der Waals surface area contributed by atoms with Crippen LogP contribution in [0.4, 0.5) is 0 Å². The minimum absolute atomic E-state index is 0.0954. The Morgan fingerprint density at radius 3 is 2.43 bits per heavy atom. The van der Waals surface area contributed by atoms with Crippen molar-refractivity contribution in [1.82, 2.24) is 10.2 Å². The quantitative estimate of drug-likeness (QED) is 0.121. The molecule has 0 aromatic rings. The molecule has 0 spiro atoms. The van der Waals surface area contributed by atoms with Crippen LogP contribution in [0.25, 0.3) is 0 Å². The fourth-order valence-corrected chi connectivity index (χ4v) is 4.02. The number of esters is 1. The number of carbonyl (C=O) groups is 6. The Labute approximate surface area is 174 Å². The summed E-state index contributed by atoms with van der Waals surface area (Å²) in [6.45, 7) is 3.41. The molecule has 13 heteroatoms. The number of nitrogens with one attached hydrogen (secondary N) is 1. The van der Waals surface area contributed by atoms with Crippen molar-refractivity contribution in [1.29, 1.82) is 0 Å². The summed E-state index contributed by atoms with van der Waals surface area (Å²) in [5.41, 5.74) is -0.742. The number of ketones is 1. The molecule has 0 saturated carbocycles. The number of aliphatic carboxylic acids is 1.